The second kappa shape index (κ2) is 10.1. The number of ether oxygens (including phenoxy) is 1. The van der Waals surface area contributed by atoms with Gasteiger partial charge in [0.25, 0.3) is 0 Å². The van der Waals surface area contributed by atoms with Gasteiger partial charge < -0.3 is 4.74 Å². The number of rotatable bonds is 4. The fraction of sp³-hybridized carbons (Fsp3) is 0.538. The highest BCUT2D eigenvalue weighted by Gasteiger charge is 1.96. The van der Waals surface area contributed by atoms with Crippen LogP contribution in [0.3, 0.4) is 0 Å². The summed E-state index contributed by atoms with van der Waals surface area (Å²) in [5, 5.41) is 0. The van der Waals surface area contributed by atoms with E-state index < -0.39 is 0 Å². The lowest BCUT2D eigenvalue weighted by Gasteiger charge is -2.04. The van der Waals surface area contributed by atoms with Crippen LogP contribution >= 0.6 is 0 Å². The van der Waals surface area contributed by atoms with Crippen LogP contribution in [0.1, 0.15) is 34.6 Å². The van der Waals surface area contributed by atoms with Crippen LogP contribution in [-0.4, -0.2) is 7.11 Å². The first-order chi connectivity index (χ1) is 6.61. The molecule has 0 fully saturated rings. The molecule has 0 aromatic carbocycles. The molecule has 0 aromatic rings. The third-order valence-electron chi connectivity index (χ3n) is 1.72. The van der Waals surface area contributed by atoms with Gasteiger partial charge in [-0.1, -0.05) is 46.4 Å². The van der Waals surface area contributed by atoms with Crippen molar-refractivity contribution < 1.29 is 4.74 Å². The van der Waals surface area contributed by atoms with Crippen LogP contribution in [0, 0.1) is 5.92 Å². The Morgan fingerprint density at radius 2 is 1.71 bits per heavy atom. The van der Waals surface area contributed by atoms with Crippen molar-refractivity contribution in [3.8, 4) is 0 Å². The number of hydrogen-bond donors (Lipinski definition) is 0. The van der Waals surface area contributed by atoms with Crippen molar-refractivity contribution in [2.24, 2.45) is 5.92 Å². The molecule has 0 atom stereocenters. The van der Waals surface area contributed by atoms with Crippen molar-refractivity contribution in [2.45, 2.75) is 34.6 Å². The maximum absolute atomic E-state index is 4.92. The average Bonchev–Trinajstić information content (AvgIpc) is 2.21. The van der Waals surface area contributed by atoms with Gasteiger partial charge in [0, 0.05) is 0 Å². The van der Waals surface area contributed by atoms with Crippen molar-refractivity contribution in [2.75, 3.05) is 7.11 Å². The summed E-state index contributed by atoms with van der Waals surface area (Å²) in [5.41, 5.74) is 1.30. The molecule has 1 heteroatoms. The van der Waals surface area contributed by atoms with Crippen LogP contribution in [0.2, 0.25) is 0 Å². The first kappa shape index (κ1) is 15.5. The molecule has 0 aliphatic rings. The van der Waals surface area contributed by atoms with Crippen LogP contribution in [-0.2, 0) is 4.74 Å². The second-order valence-electron chi connectivity index (χ2n) is 2.95. The molecule has 1 nitrogen and oxygen atoms in total. The Morgan fingerprint density at radius 3 is 2.00 bits per heavy atom. The molecule has 0 aliphatic heterocycles. The van der Waals surface area contributed by atoms with Crippen LogP contribution in [0.4, 0.5) is 0 Å². The Bertz CT molecular complexity index is 197. The molecular weight excluding hydrogens is 172 g/mol. The van der Waals surface area contributed by atoms with Gasteiger partial charge in [0.1, 0.15) is 5.76 Å². The van der Waals surface area contributed by atoms with E-state index in [0.717, 1.165) is 0 Å². The average molecular weight is 196 g/mol. The predicted octanol–water partition coefficient (Wildman–Crippen LogP) is 4.33. The van der Waals surface area contributed by atoms with Crippen molar-refractivity contribution in [1.29, 1.82) is 0 Å². The summed E-state index contributed by atoms with van der Waals surface area (Å²) >= 11 is 0. The Hall–Kier alpha value is -0.980. The van der Waals surface area contributed by atoms with E-state index in [9.17, 15) is 0 Å². The van der Waals surface area contributed by atoms with Crippen LogP contribution in [0.25, 0.3) is 0 Å². The van der Waals surface area contributed by atoms with E-state index in [2.05, 4.69) is 26.5 Å². The van der Waals surface area contributed by atoms with E-state index in [-0.39, 0.29) is 0 Å². The fourth-order valence-corrected chi connectivity index (χ4v) is 0.879. The lowest BCUT2D eigenvalue weighted by atomic mass is 10.0. The Balaban J connectivity index is 0. The minimum absolute atomic E-state index is 0.552. The summed E-state index contributed by atoms with van der Waals surface area (Å²) in [6, 6.07) is 0. The van der Waals surface area contributed by atoms with E-state index in [1.807, 2.05) is 32.9 Å². The van der Waals surface area contributed by atoms with Gasteiger partial charge in [0.05, 0.1) is 7.11 Å². The zero-order chi connectivity index (χ0) is 11.6. The van der Waals surface area contributed by atoms with Crippen molar-refractivity contribution >= 4 is 0 Å². The SMILES string of the molecule is C=C(/C=C\C(=C/C)C(C)C)OC.CC. The first-order valence-corrected chi connectivity index (χ1v) is 5.19. The third kappa shape index (κ3) is 7.66. The molecule has 0 unspecified atom stereocenters. The first-order valence-electron chi connectivity index (χ1n) is 5.19. The summed E-state index contributed by atoms with van der Waals surface area (Å²) in [6.07, 6.45) is 6.02. The molecule has 0 aromatic heterocycles. The Labute approximate surface area is 89.2 Å². The smallest absolute Gasteiger partial charge is 0.111 e. The molecule has 0 aliphatic carbocycles. The summed E-state index contributed by atoms with van der Waals surface area (Å²) in [6.45, 7) is 14.1. The molecule has 0 bridgehead atoms. The summed E-state index contributed by atoms with van der Waals surface area (Å²) in [7, 11) is 1.62. The molecule has 0 spiro atoms. The predicted molar refractivity (Wildman–Crippen MR) is 65.2 cm³/mol. The summed E-state index contributed by atoms with van der Waals surface area (Å²) in [5.74, 6) is 1.24. The van der Waals surface area contributed by atoms with Gasteiger partial charge in [0.2, 0.25) is 0 Å². The molecule has 0 N–H and O–H groups in total. The molecule has 0 saturated carbocycles. The van der Waals surface area contributed by atoms with Crippen LogP contribution in [0.5, 0.6) is 0 Å². The van der Waals surface area contributed by atoms with E-state index in [4.69, 9.17) is 4.74 Å². The normalized spacial score (nSPS) is 11.2. The summed E-state index contributed by atoms with van der Waals surface area (Å²) in [4.78, 5) is 0. The van der Waals surface area contributed by atoms with E-state index >= 15 is 0 Å². The van der Waals surface area contributed by atoms with Gasteiger partial charge in [-0.3, -0.25) is 0 Å². The molecule has 0 amide bonds. The van der Waals surface area contributed by atoms with Crippen molar-refractivity contribution in [3.05, 3.63) is 36.1 Å². The molecule has 14 heavy (non-hydrogen) atoms. The van der Waals surface area contributed by atoms with E-state index in [1.54, 1.807) is 7.11 Å². The molecule has 0 rings (SSSR count). The number of allylic oxidation sites excluding steroid dienone is 4. The fourth-order valence-electron chi connectivity index (χ4n) is 0.879. The Kier molecular flexibility index (Phi) is 11.2. The highest BCUT2D eigenvalue weighted by molar-refractivity contribution is 5.24. The minimum Gasteiger partial charge on any atom is -0.497 e. The highest BCUT2D eigenvalue weighted by Crippen LogP contribution is 2.11. The van der Waals surface area contributed by atoms with Crippen molar-refractivity contribution in [1.82, 2.24) is 0 Å². The van der Waals surface area contributed by atoms with Gasteiger partial charge in [-0.25, -0.2) is 0 Å². The molecular formula is C13H24O. The third-order valence-corrected chi connectivity index (χ3v) is 1.72. The maximum Gasteiger partial charge on any atom is 0.111 e. The topological polar surface area (TPSA) is 9.23 Å². The standard InChI is InChI=1S/C11H18O.C2H6/c1-6-11(9(2)3)8-7-10(4)12-5;1-2/h6-9H,4H2,1-3,5H3;1-2H3/b8-7-,11-6+;. The van der Waals surface area contributed by atoms with E-state index in [0.29, 0.717) is 11.7 Å². The molecule has 0 radical (unpaired) electrons. The van der Waals surface area contributed by atoms with Crippen LogP contribution in [0.15, 0.2) is 36.1 Å². The summed E-state index contributed by atoms with van der Waals surface area (Å²) < 4.78 is 4.92. The molecule has 0 saturated heterocycles. The second-order valence-corrected chi connectivity index (χ2v) is 2.95. The Morgan fingerprint density at radius 1 is 1.21 bits per heavy atom. The number of methoxy groups -OCH3 is 1. The number of hydrogen-bond acceptors (Lipinski definition) is 1. The van der Waals surface area contributed by atoms with Crippen LogP contribution < -0.4 is 0 Å². The lowest BCUT2D eigenvalue weighted by molar-refractivity contribution is 0.309. The van der Waals surface area contributed by atoms with Gasteiger partial charge in [-0.05, 0) is 24.5 Å². The quantitative estimate of drug-likeness (QED) is 0.480. The largest absolute Gasteiger partial charge is 0.497 e. The minimum atomic E-state index is 0.552. The molecule has 82 valence electrons. The van der Waals surface area contributed by atoms with Gasteiger partial charge >= 0.3 is 0 Å². The van der Waals surface area contributed by atoms with Gasteiger partial charge in [-0.2, -0.15) is 0 Å². The lowest BCUT2D eigenvalue weighted by Crippen LogP contribution is -1.89. The zero-order valence-corrected chi connectivity index (χ0v) is 10.4. The maximum atomic E-state index is 4.92. The van der Waals surface area contributed by atoms with Gasteiger partial charge in [0.15, 0.2) is 0 Å². The highest BCUT2D eigenvalue weighted by atomic mass is 16.5. The van der Waals surface area contributed by atoms with Crippen molar-refractivity contribution in [3.63, 3.8) is 0 Å². The van der Waals surface area contributed by atoms with E-state index in [1.165, 1.54) is 5.57 Å². The zero-order valence-electron chi connectivity index (χ0n) is 10.4. The molecule has 0 heterocycles. The monoisotopic (exact) mass is 196 g/mol. The van der Waals surface area contributed by atoms with Gasteiger partial charge in [-0.15, -0.1) is 0 Å².